The van der Waals surface area contributed by atoms with Crippen LogP contribution in [0, 0.1) is 5.82 Å². The van der Waals surface area contributed by atoms with Gasteiger partial charge in [0.05, 0.1) is 10.2 Å². The van der Waals surface area contributed by atoms with Gasteiger partial charge >= 0.3 is 0 Å². The lowest BCUT2D eigenvalue weighted by molar-refractivity contribution is 0.102. The van der Waals surface area contributed by atoms with Crippen molar-refractivity contribution < 1.29 is 9.18 Å². The molecule has 0 aliphatic heterocycles. The Bertz CT molecular complexity index is 1270. The maximum Gasteiger partial charge on any atom is 0.255 e. The van der Waals surface area contributed by atoms with Gasteiger partial charge in [-0.15, -0.1) is 12.4 Å². The first-order valence-electron chi connectivity index (χ1n) is 12.0. The molecule has 4 aromatic rings. The Morgan fingerprint density at radius 3 is 2.22 bits per heavy atom. The lowest BCUT2D eigenvalue weighted by Gasteiger charge is -2.20. The van der Waals surface area contributed by atoms with Crippen molar-refractivity contribution in [3.8, 4) is 11.1 Å². The monoisotopic (exact) mass is 526 g/mol. The van der Waals surface area contributed by atoms with E-state index < -0.39 is 0 Å². The Balaban J connectivity index is 0.00000361. The number of benzene rings is 3. The predicted octanol–water partition coefficient (Wildman–Crippen LogP) is 6.94. The summed E-state index contributed by atoms with van der Waals surface area (Å²) in [6.07, 6.45) is 1.09. The van der Waals surface area contributed by atoms with Gasteiger partial charge in [0.15, 0.2) is 5.13 Å². The Kier molecular flexibility index (Phi) is 9.81. The van der Waals surface area contributed by atoms with Gasteiger partial charge < -0.3 is 15.1 Å². The van der Waals surface area contributed by atoms with Crippen LogP contribution in [0.25, 0.3) is 21.3 Å². The number of thiazole rings is 1. The first-order valence-corrected chi connectivity index (χ1v) is 12.8. The highest BCUT2D eigenvalue weighted by Gasteiger charge is 2.12. The number of fused-ring (bicyclic) bond motifs is 1. The van der Waals surface area contributed by atoms with E-state index in [-0.39, 0.29) is 24.1 Å². The van der Waals surface area contributed by atoms with Crippen LogP contribution in [0.5, 0.6) is 0 Å². The molecule has 0 fully saturated rings. The van der Waals surface area contributed by atoms with Crippen LogP contribution in [0.3, 0.4) is 0 Å². The standard InChI is InChI=1S/C28H31FN4OS.ClH/c1-4-33(5-2)18-6-17-32(3)28-31-25-16-15-24(19-26(25)35-28)30-27(34)22-9-7-20(8-10-22)21-11-13-23(29)14-12-21;/h7-16,19H,4-6,17-18H2,1-3H3,(H,30,34);1H. The minimum atomic E-state index is -0.267. The molecule has 0 bridgehead atoms. The molecule has 8 heteroatoms. The molecule has 3 aromatic carbocycles. The van der Waals surface area contributed by atoms with Crippen molar-refractivity contribution in [3.05, 3.63) is 78.1 Å². The first-order chi connectivity index (χ1) is 17.0. The third-order valence-corrected chi connectivity index (χ3v) is 7.28. The van der Waals surface area contributed by atoms with E-state index in [0.717, 1.165) is 64.8 Å². The van der Waals surface area contributed by atoms with Gasteiger partial charge in [-0.3, -0.25) is 4.79 Å². The Labute approximate surface area is 222 Å². The highest BCUT2D eigenvalue weighted by molar-refractivity contribution is 7.22. The maximum atomic E-state index is 13.2. The van der Waals surface area contributed by atoms with E-state index in [4.69, 9.17) is 4.98 Å². The lowest BCUT2D eigenvalue weighted by atomic mass is 10.0. The average Bonchev–Trinajstić information content (AvgIpc) is 3.31. The number of carbonyl (C=O) groups is 1. The molecule has 5 nitrogen and oxygen atoms in total. The zero-order valence-corrected chi connectivity index (χ0v) is 22.5. The second-order valence-corrected chi connectivity index (χ2v) is 9.53. The quantitative estimate of drug-likeness (QED) is 0.243. The number of amides is 1. The topological polar surface area (TPSA) is 48.5 Å². The molecule has 0 unspecified atom stereocenters. The molecular formula is C28H32ClFN4OS. The van der Waals surface area contributed by atoms with Crippen LogP contribution in [-0.2, 0) is 0 Å². The van der Waals surface area contributed by atoms with E-state index in [1.54, 1.807) is 35.6 Å². The maximum absolute atomic E-state index is 13.2. The minimum Gasteiger partial charge on any atom is -0.351 e. The molecule has 0 atom stereocenters. The molecular weight excluding hydrogens is 495 g/mol. The molecule has 0 radical (unpaired) electrons. The summed E-state index contributed by atoms with van der Waals surface area (Å²) in [6.45, 7) is 8.58. The van der Waals surface area contributed by atoms with Crippen LogP contribution in [-0.4, -0.2) is 49.0 Å². The zero-order chi connectivity index (χ0) is 24.8. The van der Waals surface area contributed by atoms with Gasteiger partial charge in [0.25, 0.3) is 5.91 Å². The zero-order valence-electron chi connectivity index (χ0n) is 20.8. The van der Waals surface area contributed by atoms with E-state index in [1.165, 1.54) is 12.1 Å². The fraction of sp³-hybridized carbons (Fsp3) is 0.286. The molecule has 0 saturated heterocycles. The number of aromatic nitrogens is 1. The van der Waals surface area contributed by atoms with Gasteiger partial charge in [0, 0.05) is 24.8 Å². The first kappa shape index (κ1) is 27.6. The molecule has 0 aliphatic carbocycles. The molecule has 1 heterocycles. The largest absolute Gasteiger partial charge is 0.351 e. The van der Waals surface area contributed by atoms with E-state index in [2.05, 4.69) is 36.0 Å². The van der Waals surface area contributed by atoms with Crippen molar-refractivity contribution in [1.29, 1.82) is 0 Å². The summed E-state index contributed by atoms with van der Waals surface area (Å²) in [5.74, 6) is -0.440. The molecule has 1 N–H and O–H groups in total. The van der Waals surface area contributed by atoms with Crippen molar-refractivity contribution in [1.82, 2.24) is 9.88 Å². The SMILES string of the molecule is CCN(CC)CCCN(C)c1nc2ccc(NC(=O)c3ccc(-c4ccc(F)cc4)cc3)cc2s1.Cl. The molecule has 4 rings (SSSR count). The fourth-order valence-electron chi connectivity index (χ4n) is 3.98. The second kappa shape index (κ2) is 12.8. The Morgan fingerprint density at radius 2 is 1.58 bits per heavy atom. The Hall–Kier alpha value is -3.00. The Morgan fingerprint density at radius 1 is 0.944 bits per heavy atom. The summed E-state index contributed by atoms with van der Waals surface area (Å²) in [5, 5.41) is 3.97. The van der Waals surface area contributed by atoms with Crippen LogP contribution in [0.15, 0.2) is 66.7 Å². The van der Waals surface area contributed by atoms with Crippen molar-refractivity contribution in [2.24, 2.45) is 0 Å². The van der Waals surface area contributed by atoms with Gasteiger partial charge in [0.2, 0.25) is 0 Å². The smallest absolute Gasteiger partial charge is 0.255 e. The summed E-state index contributed by atoms with van der Waals surface area (Å²) in [6, 6.07) is 19.4. The van der Waals surface area contributed by atoms with Gasteiger partial charge in [0.1, 0.15) is 5.82 Å². The van der Waals surface area contributed by atoms with Crippen LogP contribution in [0.4, 0.5) is 15.2 Å². The van der Waals surface area contributed by atoms with Gasteiger partial charge in [-0.1, -0.05) is 49.4 Å². The molecule has 36 heavy (non-hydrogen) atoms. The summed E-state index contributed by atoms with van der Waals surface area (Å²) in [7, 11) is 2.08. The summed E-state index contributed by atoms with van der Waals surface area (Å²) in [5.41, 5.74) is 4.07. The van der Waals surface area contributed by atoms with Gasteiger partial charge in [-0.25, -0.2) is 9.37 Å². The summed E-state index contributed by atoms with van der Waals surface area (Å²) >= 11 is 1.64. The number of anilines is 2. The van der Waals surface area contributed by atoms with Crippen LogP contribution in [0.2, 0.25) is 0 Å². The van der Waals surface area contributed by atoms with E-state index in [9.17, 15) is 9.18 Å². The number of hydrogen-bond acceptors (Lipinski definition) is 5. The predicted molar refractivity (Wildman–Crippen MR) is 152 cm³/mol. The highest BCUT2D eigenvalue weighted by Crippen LogP contribution is 2.30. The van der Waals surface area contributed by atoms with E-state index >= 15 is 0 Å². The van der Waals surface area contributed by atoms with Gasteiger partial charge in [-0.05, 0) is 79.6 Å². The van der Waals surface area contributed by atoms with Crippen molar-refractivity contribution in [2.75, 3.05) is 43.4 Å². The normalized spacial score (nSPS) is 10.9. The molecule has 0 spiro atoms. The third kappa shape index (κ3) is 6.81. The lowest BCUT2D eigenvalue weighted by Crippen LogP contribution is -2.28. The molecule has 1 amide bonds. The molecule has 190 valence electrons. The number of halogens is 2. The van der Waals surface area contributed by atoms with Crippen LogP contribution >= 0.6 is 23.7 Å². The van der Waals surface area contributed by atoms with Crippen molar-refractivity contribution >= 4 is 50.7 Å². The molecule has 1 aromatic heterocycles. The van der Waals surface area contributed by atoms with E-state index in [0.29, 0.717) is 5.56 Å². The van der Waals surface area contributed by atoms with Crippen molar-refractivity contribution in [2.45, 2.75) is 20.3 Å². The summed E-state index contributed by atoms with van der Waals surface area (Å²) < 4.78 is 14.2. The van der Waals surface area contributed by atoms with Gasteiger partial charge in [-0.2, -0.15) is 0 Å². The molecule has 0 aliphatic rings. The fourth-order valence-corrected chi connectivity index (χ4v) is 4.97. The molecule has 0 saturated carbocycles. The number of rotatable bonds is 10. The number of carbonyl (C=O) groups excluding carboxylic acids is 1. The van der Waals surface area contributed by atoms with Crippen LogP contribution < -0.4 is 10.2 Å². The summed E-state index contributed by atoms with van der Waals surface area (Å²) in [4.78, 5) is 22.2. The number of hydrogen-bond donors (Lipinski definition) is 1. The highest BCUT2D eigenvalue weighted by atomic mass is 35.5. The average molecular weight is 527 g/mol. The van der Waals surface area contributed by atoms with Crippen LogP contribution in [0.1, 0.15) is 30.6 Å². The third-order valence-electron chi connectivity index (χ3n) is 6.15. The number of nitrogens with one attached hydrogen (secondary N) is 1. The second-order valence-electron chi connectivity index (χ2n) is 8.52. The van der Waals surface area contributed by atoms with E-state index in [1.807, 2.05) is 30.3 Å². The number of nitrogens with zero attached hydrogens (tertiary/aromatic N) is 3. The van der Waals surface area contributed by atoms with Crippen molar-refractivity contribution in [3.63, 3.8) is 0 Å². The minimum absolute atomic E-state index is 0.